The second-order valence-corrected chi connectivity index (χ2v) is 5.43. The fourth-order valence-electron chi connectivity index (χ4n) is 3.41. The second kappa shape index (κ2) is 3.85. The van der Waals surface area contributed by atoms with Crippen molar-refractivity contribution in [2.75, 3.05) is 13.1 Å². The van der Waals surface area contributed by atoms with Gasteiger partial charge in [-0.2, -0.15) is 0 Å². The predicted octanol–water partition coefficient (Wildman–Crippen LogP) is 2.05. The van der Waals surface area contributed by atoms with Crippen molar-refractivity contribution < 1.29 is 9.59 Å². The van der Waals surface area contributed by atoms with Crippen LogP contribution in [0.4, 0.5) is 4.79 Å². The molecular weight excluding hydrogens is 254 g/mol. The van der Waals surface area contributed by atoms with Crippen LogP contribution in [-0.2, 0) is 11.2 Å². The number of para-hydroxylation sites is 1. The minimum absolute atomic E-state index is 0.0254. The Morgan fingerprint density at radius 3 is 2.95 bits per heavy atom. The summed E-state index contributed by atoms with van der Waals surface area (Å²) in [6.45, 7) is 2.58. The van der Waals surface area contributed by atoms with Crippen LogP contribution < -0.4 is 0 Å². The average Bonchev–Trinajstić information content (AvgIpc) is 2.97. The van der Waals surface area contributed by atoms with Crippen molar-refractivity contribution in [1.29, 1.82) is 0 Å². The van der Waals surface area contributed by atoms with Crippen LogP contribution in [0, 0.1) is 0 Å². The molecule has 1 saturated heterocycles. The molecule has 5 nitrogen and oxygen atoms in total. The highest BCUT2D eigenvalue weighted by atomic mass is 16.2. The number of aromatic nitrogens is 1. The van der Waals surface area contributed by atoms with Gasteiger partial charge in [-0.25, -0.2) is 4.79 Å². The number of nitrogens with zero attached hydrogens (tertiary/aromatic N) is 2. The smallest absolute Gasteiger partial charge is 0.327 e. The molecule has 1 aromatic heterocycles. The van der Waals surface area contributed by atoms with Gasteiger partial charge in [-0.15, -0.1) is 0 Å². The molecule has 3 amide bonds. The third-order valence-electron chi connectivity index (χ3n) is 4.37. The van der Waals surface area contributed by atoms with Crippen LogP contribution in [0.15, 0.2) is 24.3 Å². The van der Waals surface area contributed by atoms with Crippen molar-refractivity contribution in [1.82, 2.24) is 14.8 Å². The van der Waals surface area contributed by atoms with E-state index in [1.807, 2.05) is 12.1 Å². The summed E-state index contributed by atoms with van der Waals surface area (Å²) in [6, 6.07) is 8.01. The van der Waals surface area contributed by atoms with Crippen LogP contribution >= 0.6 is 0 Å². The molecule has 102 valence electrons. The zero-order chi connectivity index (χ0) is 13.9. The van der Waals surface area contributed by atoms with Gasteiger partial charge in [0.2, 0.25) is 5.91 Å². The third-order valence-corrected chi connectivity index (χ3v) is 4.37. The molecule has 4 rings (SSSR count). The van der Waals surface area contributed by atoms with Crippen molar-refractivity contribution in [3.63, 3.8) is 0 Å². The first-order valence-corrected chi connectivity index (χ1v) is 6.85. The number of hydrogen-bond donors (Lipinski definition) is 1. The van der Waals surface area contributed by atoms with Crippen molar-refractivity contribution >= 4 is 22.8 Å². The van der Waals surface area contributed by atoms with Crippen LogP contribution in [-0.4, -0.2) is 39.8 Å². The van der Waals surface area contributed by atoms with Gasteiger partial charge in [0.25, 0.3) is 0 Å². The number of hydrogen-bond acceptors (Lipinski definition) is 2. The lowest BCUT2D eigenvalue weighted by atomic mass is 9.98. The zero-order valence-electron chi connectivity index (χ0n) is 11.2. The summed E-state index contributed by atoms with van der Waals surface area (Å²) in [4.78, 5) is 30.4. The molecule has 0 radical (unpaired) electrons. The largest absolute Gasteiger partial charge is 0.356 e. The summed E-state index contributed by atoms with van der Waals surface area (Å²) in [7, 11) is 0. The molecule has 0 bridgehead atoms. The molecule has 1 aromatic carbocycles. The van der Waals surface area contributed by atoms with E-state index in [2.05, 4.69) is 17.1 Å². The molecule has 2 aliphatic rings. The summed E-state index contributed by atoms with van der Waals surface area (Å²) < 4.78 is 0. The number of aromatic amines is 1. The molecular formula is C15H15N3O2. The summed E-state index contributed by atoms with van der Waals surface area (Å²) in [6.07, 6.45) is 0.841. The fourth-order valence-corrected chi connectivity index (χ4v) is 3.41. The number of imide groups is 1. The highest BCUT2D eigenvalue weighted by Crippen LogP contribution is 2.38. The van der Waals surface area contributed by atoms with Gasteiger partial charge in [-0.3, -0.25) is 9.69 Å². The number of carbonyl (C=O) groups excluding carboxylic acids is 2. The zero-order valence-corrected chi connectivity index (χ0v) is 11.2. The molecule has 0 spiro atoms. The van der Waals surface area contributed by atoms with Crippen LogP contribution in [0.3, 0.4) is 0 Å². The Hall–Kier alpha value is -2.30. The van der Waals surface area contributed by atoms with Crippen LogP contribution in [0.5, 0.6) is 0 Å². The lowest BCUT2D eigenvalue weighted by molar-refractivity contribution is -0.125. The molecule has 20 heavy (non-hydrogen) atoms. The lowest BCUT2D eigenvalue weighted by Crippen LogP contribution is -2.37. The summed E-state index contributed by atoms with van der Waals surface area (Å²) in [5.41, 5.74) is 3.49. The highest BCUT2D eigenvalue weighted by Gasteiger charge is 2.43. The van der Waals surface area contributed by atoms with Gasteiger partial charge in [0.05, 0.1) is 12.6 Å². The molecule has 1 N–H and O–H groups in total. The van der Waals surface area contributed by atoms with Crippen molar-refractivity contribution in [2.24, 2.45) is 0 Å². The first kappa shape index (κ1) is 11.5. The van der Waals surface area contributed by atoms with Crippen LogP contribution in [0.1, 0.15) is 24.2 Å². The number of fused-ring (bicyclic) bond motifs is 5. The minimum Gasteiger partial charge on any atom is -0.356 e. The summed E-state index contributed by atoms with van der Waals surface area (Å²) >= 11 is 0. The Morgan fingerprint density at radius 2 is 2.15 bits per heavy atom. The number of amides is 3. The van der Waals surface area contributed by atoms with Crippen molar-refractivity contribution in [3.8, 4) is 0 Å². The Labute approximate surface area is 116 Å². The SMILES string of the molecule is CC(=O)N1CC2c3[nH]c4ccccc4c3CCN2C1=O. The van der Waals surface area contributed by atoms with Crippen molar-refractivity contribution in [3.05, 3.63) is 35.5 Å². The maximum Gasteiger partial charge on any atom is 0.327 e. The first-order chi connectivity index (χ1) is 9.66. The molecule has 0 aliphatic carbocycles. The monoisotopic (exact) mass is 269 g/mol. The van der Waals surface area contributed by atoms with Gasteiger partial charge in [-0.1, -0.05) is 18.2 Å². The normalized spacial score (nSPS) is 21.2. The average molecular weight is 269 g/mol. The number of benzene rings is 1. The third kappa shape index (κ3) is 1.37. The van der Waals surface area contributed by atoms with E-state index in [0.29, 0.717) is 13.1 Å². The maximum absolute atomic E-state index is 12.2. The van der Waals surface area contributed by atoms with Crippen molar-refractivity contribution in [2.45, 2.75) is 19.4 Å². The Bertz CT molecular complexity index is 734. The maximum atomic E-state index is 12.2. The standard InChI is InChI=1S/C15H15N3O2/c1-9(19)18-8-13-14-11(6-7-17(13)15(18)20)10-4-2-3-5-12(10)16-14/h2-5,13,16H,6-8H2,1H3. The van der Waals surface area contributed by atoms with Gasteiger partial charge in [0.1, 0.15) is 0 Å². The minimum atomic E-state index is -0.179. The molecule has 2 aliphatic heterocycles. The number of nitrogens with one attached hydrogen (secondary N) is 1. The van der Waals surface area contributed by atoms with E-state index in [4.69, 9.17) is 0 Å². The van der Waals surface area contributed by atoms with Gasteiger partial charge < -0.3 is 9.88 Å². The number of rotatable bonds is 0. The molecule has 5 heteroatoms. The summed E-state index contributed by atoms with van der Waals surface area (Å²) in [5, 5.41) is 1.23. The van der Waals surface area contributed by atoms with Crippen LogP contribution in [0.25, 0.3) is 10.9 Å². The number of H-pyrrole nitrogens is 1. The van der Waals surface area contributed by atoms with Crippen LogP contribution in [0.2, 0.25) is 0 Å². The first-order valence-electron chi connectivity index (χ1n) is 6.85. The van der Waals surface area contributed by atoms with Gasteiger partial charge >= 0.3 is 6.03 Å². The van der Waals surface area contributed by atoms with E-state index in [0.717, 1.165) is 17.6 Å². The summed E-state index contributed by atoms with van der Waals surface area (Å²) in [5.74, 6) is -0.179. The van der Waals surface area contributed by atoms with E-state index in [9.17, 15) is 9.59 Å². The molecule has 2 aromatic rings. The Morgan fingerprint density at radius 1 is 1.35 bits per heavy atom. The second-order valence-electron chi connectivity index (χ2n) is 5.43. The molecule has 0 saturated carbocycles. The van der Waals surface area contributed by atoms with E-state index >= 15 is 0 Å². The van der Waals surface area contributed by atoms with E-state index in [1.54, 1.807) is 4.90 Å². The highest BCUT2D eigenvalue weighted by molar-refractivity contribution is 5.96. The molecule has 1 atom stereocenters. The Kier molecular flexibility index (Phi) is 2.22. The predicted molar refractivity (Wildman–Crippen MR) is 74.2 cm³/mol. The topological polar surface area (TPSA) is 56.4 Å². The van der Waals surface area contributed by atoms with E-state index in [-0.39, 0.29) is 18.0 Å². The number of urea groups is 1. The van der Waals surface area contributed by atoms with Gasteiger partial charge in [0.15, 0.2) is 0 Å². The number of carbonyl (C=O) groups is 2. The van der Waals surface area contributed by atoms with Gasteiger partial charge in [-0.05, 0) is 18.1 Å². The molecule has 3 heterocycles. The van der Waals surface area contributed by atoms with Gasteiger partial charge in [0, 0.05) is 30.1 Å². The lowest BCUT2D eigenvalue weighted by Gasteiger charge is -2.28. The Balaban J connectivity index is 1.84. The van der Waals surface area contributed by atoms with E-state index < -0.39 is 0 Å². The fraction of sp³-hybridized carbons (Fsp3) is 0.333. The quantitative estimate of drug-likeness (QED) is 0.795. The van der Waals surface area contributed by atoms with E-state index in [1.165, 1.54) is 22.8 Å². The molecule has 1 unspecified atom stereocenters. The molecule has 1 fully saturated rings.